The third kappa shape index (κ3) is 4.00. The number of likely N-dealkylation sites (N-methyl/N-ethyl adjacent to an activating group) is 1. The van der Waals surface area contributed by atoms with Crippen molar-refractivity contribution < 1.29 is 9.59 Å². The fraction of sp³-hybridized carbons (Fsp3) is 0.583. The topological polar surface area (TPSA) is 88.3 Å². The summed E-state index contributed by atoms with van der Waals surface area (Å²) in [6.07, 6.45) is 0. The van der Waals surface area contributed by atoms with Gasteiger partial charge in [-0.05, 0) is 20.8 Å². The highest BCUT2D eigenvalue weighted by Crippen LogP contribution is 2.27. The monoisotopic (exact) mass is 284 g/mol. The highest BCUT2D eigenvalue weighted by molar-refractivity contribution is 7.11. The molecule has 1 heterocycles. The zero-order chi connectivity index (χ0) is 14.6. The Morgan fingerprint density at radius 3 is 2.58 bits per heavy atom. The summed E-state index contributed by atoms with van der Waals surface area (Å²) in [7, 11) is 1.72. The molecule has 6 nitrogen and oxygen atoms in total. The summed E-state index contributed by atoms with van der Waals surface area (Å²) >= 11 is 1.58. The number of amides is 2. The molecule has 3 N–H and O–H groups in total. The summed E-state index contributed by atoms with van der Waals surface area (Å²) in [5.41, 5.74) is 6.11. The zero-order valence-electron chi connectivity index (χ0n) is 11.7. The minimum absolute atomic E-state index is 0.0340. The van der Waals surface area contributed by atoms with Crippen LogP contribution >= 0.6 is 11.3 Å². The third-order valence-corrected chi connectivity index (χ3v) is 4.16. The Labute approximate surface area is 117 Å². The standard InChI is InChI=1S/C12H20N4O2S/c1-7-12(19-9(3)15-7)8(2)16(4)11(18)6-14-10(17)5-13/h8H,5-6,13H2,1-4H3,(H,14,17). The quantitative estimate of drug-likeness (QED) is 0.817. The molecule has 1 atom stereocenters. The maximum Gasteiger partial charge on any atom is 0.242 e. The molecule has 1 rings (SSSR count). The summed E-state index contributed by atoms with van der Waals surface area (Å²) in [5.74, 6) is -0.487. The lowest BCUT2D eigenvalue weighted by molar-refractivity contribution is -0.133. The second-order valence-electron chi connectivity index (χ2n) is 4.34. The molecule has 0 fully saturated rings. The van der Waals surface area contributed by atoms with Crippen molar-refractivity contribution in [2.75, 3.05) is 20.1 Å². The van der Waals surface area contributed by atoms with Crippen LogP contribution in [0.5, 0.6) is 0 Å². The van der Waals surface area contributed by atoms with Crippen LogP contribution in [-0.2, 0) is 9.59 Å². The SMILES string of the molecule is Cc1nc(C)c(C(C)N(C)C(=O)CNC(=O)CN)s1. The number of hydrogen-bond donors (Lipinski definition) is 2. The molecule has 0 aliphatic rings. The van der Waals surface area contributed by atoms with Crippen molar-refractivity contribution in [2.24, 2.45) is 5.73 Å². The van der Waals surface area contributed by atoms with Gasteiger partial charge in [-0.1, -0.05) is 0 Å². The molecule has 0 saturated carbocycles. The van der Waals surface area contributed by atoms with E-state index in [0.29, 0.717) is 0 Å². The summed E-state index contributed by atoms with van der Waals surface area (Å²) in [6.45, 7) is 5.68. The Bertz CT molecular complexity index is 472. The van der Waals surface area contributed by atoms with Crippen LogP contribution in [0, 0.1) is 13.8 Å². The fourth-order valence-electron chi connectivity index (χ4n) is 1.70. The molecule has 0 aromatic carbocycles. The second kappa shape index (κ2) is 6.63. The van der Waals surface area contributed by atoms with Crippen molar-refractivity contribution in [2.45, 2.75) is 26.8 Å². The van der Waals surface area contributed by atoms with Gasteiger partial charge in [0, 0.05) is 11.9 Å². The lowest BCUT2D eigenvalue weighted by Gasteiger charge is -2.24. The van der Waals surface area contributed by atoms with Gasteiger partial charge < -0.3 is 16.0 Å². The van der Waals surface area contributed by atoms with Gasteiger partial charge in [-0.2, -0.15) is 0 Å². The van der Waals surface area contributed by atoms with Crippen LogP contribution in [0.25, 0.3) is 0 Å². The van der Waals surface area contributed by atoms with E-state index in [0.717, 1.165) is 15.6 Å². The number of carbonyl (C=O) groups is 2. The van der Waals surface area contributed by atoms with E-state index in [2.05, 4.69) is 10.3 Å². The maximum absolute atomic E-state index is 12.0. The smallest absolute Gasteiger partial charge is 0.242 e. The molecule has 1 aromatic heterocycles. The van der Waals surface area contributed by atoms with Crippen LogP contribution in [0.2, 0.25) is 0 Å². The Balaban J connectivity index is 2.66. The summed E-state index contributed by atoms with van der Waals surface area (Å²) < 4.78 is 0. The molecule has 0 aliphatic heterocycles. The molecule has 106 valence electrons. The van der Waals surface area contributed by atoms with Crippen LogP contribution in [-0.4, -0.2) is 41.8 Å². The molecule has 19 heavy (non-hydrogen) atoms. The van der Waals surface area contributed by atoms with Crippen molar-refractivity contribution in [1.29, 1.82) is 0 Å². The average Bonchev–Trinajstić information content (AvgIpc) is 2.72. The minimum atomic E-state index is -0.334. The van der Waals surface area contributed by atoms with Gasteiger partial charge >= 0.3 is 0 Å². The second-order valence-corrected chi connectivity index (χ2v) is 5.58. The molecule has 0 saturated heterocycles. The van der Waals surface area contributed by atoms with E-state index < -0.39 is 0 Å². The molecule has 7 heteroatoms. The predicted octanol–water partition coefficient (Wildman–Crippen LogP) is 0.354. The first-order valence-corrected chi connectivity index (χ1v) is 6.84. The largest absolute Gasteiger partial charge is 0.346 e. The van der Waals surface area contributed by atoms with Gasteiger partial charge in [0.15, 0.2) is 0 Å². The zero-order valence-corrected chi connectivity index (χ0v) is 12.5. The predicted molar refractivity (Wildman–Crippen MR) is 74.8 cm³/mol. The molecule has 0 spiro atoms. The maximum atomic E-state index is 12.0. The Morgan fingerprint density at radius 1 is 1.47 bits per heavy atom. The van der Waals surface area contributed by atoms with Crippen LogP contribution in [0.4, 0.5) is 0 Å². The molecule has 0 aliphatic carbocycles. The van der Waals surface area contributed by atoms with Crippen molar-refractivity contribution in [3.05, 3.63) is 15.6 Å². The van der Waals surface area contributed by atoms with E-state index in [1.165, 1.54) is 0 Å². The lowest BCUT2D eigenvalue weighted by Crippen LogP contribution is -2.41. The van der Waals surface area contributed by atoms with E-state index in [9.17, 15) is 9.59 Å². The highest BCUT2D eigenvalue weighted by atomic mass is 32.1. The number of rotatable bonds is 5. The Morgan fingerprint density at radius 2 is 2.11 bits per heavy atom. The van der Waals surface area contributed by atoms with E-state index in [4.69, 9.17) is 5.73 Å². The van der Waals surface area contributed by atoms with Crippen molar-refractivity contribution in [1.82, 2.24) is 15.2 Å². The number of carbonyl (C=O) groups excluding carboxylic acids is 2. The lowest BCUT2D eigenvalue weighted by atomic mass is 10.2. The number of nitrogens with two attached hydrogens (primary N) is 1. The number of hydrogen-bond acceptors (Lipinski definition) is 5. The highest BCUT2D eigenvalue weighted by Gasteiger charge is 2.21. The summed E-state index contributed by atoms with van der Waals surface area (Å²) in [6, 6.07) is -0.0616. The minimum Gasteiger partial charge on any atom is -0.346 e. The molecule has 0 bridgehead atoms. The first kappa shape index (κ1) is 15.6. The van der Waals surface area contributed by atoms with Crippen LogP contribution in [0.15, 0.2) is 0 Å². The van der Waals surface area contributed by atoms with Gasteiger partial charge in [-0.25, -0.2) is 4.98 Å². The van der Waals surface area contributed by atoms with Gasteiger partial charge in [0.1, 0.15) is 0 Å². The Hall–Kier alpha value is -1.47. The normalized spacial score (nSPS) is 12.1. The molecule has 1 unspecified atom stereocenters. The Kier molecular flexibility index (Phi) is 5.44. The van der Waals surface area contributed by atoms with Crippen LogP contribution < -0.4 is 11.1 Å². The first-order chi connectivity index (χ1) is 8.86. The van der Waals surface area contributed by atoms with E-state index >= 15 is 0 Å². The van der Waals surface area contributed by atoms with Crippen molar-refractivity contribution in [3.63, 3.8) is 0 Å². The number of nitrogens with zero attached hydrogens (tertiary/aromatic N) is 2. The van der Waals surface area contributed by atoms with Gasteiger partial charge in [-0.15, -0.1) is 11.3 Å². The molecule has 2 amide bonds. The summed E-state index contributed by atoms with van der Waals surface area (Å²) in [5, 5.41) is 3.45. The van der Waals surface area contributed by atoms with Crippen molar-refractivity contribution in [3.8, 4) is 0 Å². The van der Waals surface area contributed by atoms with Crippen LogP contribution in [0.3, 0.4) is 0 Å². The number of aryl methyl sites for hydroxylation is 2. The molecule has 0 radical (unpaired) electrons. The van der Waals surface area contributed by atoms with Crippen molar-refractivity contribution >= 4 is 23.2 Å². The van der Waals surface area contributed by atoms with E-state index in [1.807, 2.05) is 20.8 Å². The molecule has 1 aromatic rings. The number of thiazole rings is 1. The van der Waals surface area contributed by atoms with E-state index in [-0.39, 0.29) is 30.9 Å². The van der Waals surface area contributed by atoms with Gasteiger partial charge in [0.25, 0.3) is 0 Å². The molecular formula is C12H20N4O2S. The summed E-state index contributed by atoms with van der Waals surface area (Å²) in [4.78, 5) is 30.0. The number of aromatic nitrogens is 1. The van der Waals surface area contributed by atoms with Gasteiger partial charge in [0.2, 0.25) is 11.8 Å². The van der Waals surface area contributed by atoms with Gasteiger partial charge in [0.05, 0.1) is 29.8 Å². The number of nitrogens with one attached hydrogen (secondary N) is 1. The third-order valence-electron chi connectivity index (χ3n) is 2.92. The average molecular weight is 284 g/mol. The first-order valence-electron chi connectivity index (χ1n) is 6.03. The van der Waals surface area contributed by atoms with Crippen LogP contribution in [0.1, 0.15) is 28.5 Å². The fourth-order valence-corrected chi connectivity index (χ4v) is 2.72. The molecular weight excluding hydrogens is 264 g/mol. The van der Waals surface area contributed by atoms with Gasteiger partial charge in [-0.3, -0.25) is 9.59 Å². The van der Waals surface area contributed by atoms with E-state index in [1.54, 1.807) is 23.3 Å².